The van der Waals surface area contributed by atoms with Crippen LogP contribution in [0, 0.1) is 5.82 Å². The average molecular weight is 177 g/mol. The SMILES string of the molecule is C[n+]1cccc2c(N)c(F)ccc21. The third-order valence-electron chi connectivity index (χ3n) is 2.16. The minimum atomic E-state index is -0.362. The van der Waals surface area contributed by atoms with Gasteiger partial charge < -0.3 is 5.73 Å². The summed E-state index contributed by atoms with van der Waals surface area (Å²) in [6.45, 7) is 0. The predicted octanol–water partition coefficient (Wildman–Crippen LogP) is 1.39. The van der Waals surface area contributed by atoms with E-state index >= 15 is 0 Å². The van der Waals surface area contributed by atoms with Crippen LogP contribution in [0.1, 0.15) is 0 Å². The molecule has 66 valence electrons. The Kier molecular flexibility index (Phi) is 1.65. The lowest BCUT2D eigenvalue weighted by molar-refractivity contribution is -0.644. The summed E-state index contributed by atoms with van der Waals surface area (Å²) in [6.07, 6.45) is 1.90. The molecule has 1 aromatic carbocycles. The van der Waals surface area contributed by atoms with Crippen molar-refractivity contribution in [2.24, 2.45) is 7.05 Å². The first kappa shape index (κ1) is 7.98. The van der Waals surface area contributed by atoms with Crippen molar-refractivity contribution in [3.05, 3.63) is 36.3 Å². The fourth-order valence-electron chi connectivity index (χ4n) is 1.43. The van der Waals surface area contributed by atoms with E-state index in [1.807, 2.05) is 29.9 Å². The molecule has 1 aromatic heterocycles. The first-order valence-corrected chi connectivity index (χ1v) is 4.02. The highest BCUT2D eigenvalue weighted by Gasteiger charge is 2.09. The van der Waals surface area contributed by atoms with Crippen LogP contribution in [0.4, 0.5) is 10.1 Å². The van der Waals surface area contributed by atoms with Gasteiger partial charge in [-0.1, -0.05) is 0 Å². The van der Waals surface area contributed by atoms with Gasteiger partial charge in [0.15, 0.2) is 6.20 Å². The van der Waals surface area contributed by atoms with Crippen LogP contribution in [0.2, 0.25) is 0 Å². The molecule has 0 aliphatic rings. The lowest BCUT2D eigenvalue weighted by Crippen LogP contribution is -2.28. The van der Waals surface area contributed by atoms with E-state index in [-0.39, 0.29) is 11.5 Å². The Balaban J connectivity index is 2.94. The number of nitrogens with zero attached hydrogens (tertiary/aromatic N) is 1. The van der Waals surface area contributed by atoms with Crippen LogP contribution in [0.5, 0.6) is 0 Å². The van der Waals surface area contributed by atoms with Gasteiger partial charge in [0.05, 0.1) is 11.1 Å². The quantitative estimate of drug-likeness (QED) is 0.478. The first-order chi connectivity index (χ1) is 6.20. The molecule has 13 heavy (non-hydrogen) atoms. The van der Waals surface area contributed by atoms with Crippen LogP contribution >= 0.6 is 0 Å². The molecule has 0 radical (unpaired) electrons. The second kappa shape index (κ2) is 2.69. The Morgan fingerprint density at radius 1 is 1.31 bits per heavy atom. The van der Waals surface area contributed by atoms with Gasteiger partial charge >= 0.3 is 0 Å². The van der Waals surface area contributed by atoms with Crippen molar-refractivity contribution in [2.45, 2.75) is 0 Å². The summed E-state index contributed by atoms with van der Waals surface area (Å²) in [5.41, 5.74) is 6.75. The van der Waals surface area contributed by atoms with Crippen LogP contribution in [-0.4, -0.2) is 0 Å². The molecule has 0 spiro atoms. The summed E-state index contributed by atoms with van der Waals surface area (Å²) in [4.78, 5) is 0. The molecule has 2 nitrogen and oxygen atoms in total. The summed E-state index contributed by atoms with van der Waals surface area (Å²) in [5.74, 6) is -0.362. The highest BCUT2D eigenvalue weighted by molar-refractivity contribution is 5.88. The second-order valence-corrected chi connectivity index (χ2v) is 3.01. The lowest BCUT2D eigenvalue weighted by Gasteiger charge is -2.00. The van der Waals surface area contributed by atoms with Gasteiger partial charge in [-0.25, -0.2) is 8.96 Å². The van der Waals surface area contributed by atoms with E-state index in [0.29, 0.717) is 0 Å². The second-order valence-electron chi connectivity index (χ2n) is 3.01. The molecule has 0 aliphatic carbocycles. The molecule has 0 bridgehead atoms. The third-order valence-corrected chi connectivity index (χ3v) is 2.16. The highest BCUT2D eigenvalue weighted by Crippen LogP contribution is 2.20. The Bertz CT molecular complexity index is 466. The molecule has 0 saturated carbocycles. The monoisotopic (exact) mass is 177 g/mol. The summed E-state index contributed by atoms with van der Waals surface area (Å²) in [7, 11) is 1.90. The molecule has 0 aliphatic heterocycles. The van der Waals surface area contributed by atoms with Gasteiger partial charge in [0.25, 0.3) is 0 Å². The zero-order chi connectivity index (χ0) is 9.42. The van der Waals surface area contributed by atoms with Crippen molar-refractivity contribution in [3.63, 3.8) is 0 Å². The number of hydrogen-bond donors (Lipinski definition) is 1. The lowest BCUT2D eigenvalue weighted by atomic mass is 10.2. The van der Waals surface area contributed by atoms with Gasteiger partial charge in [0.2, 0.25) is 5.52 Å². The molecule has 3 heteroatoms. The maximum absolute atomic E-state index is 13.0. The molecule has 2 rings (SSSR count). The van der Waals surface area contributed by atoms with E-state index in [9.17, 15) is 4.39 Å². The van der Waals surface area contributed by atoms with Gasteiger partial charge in [-0.3, -0.25) is 0 Å². The van der Waals surface area contributed by atoms with Gasteiger partial charge in [0, 0.05) is 12.1 Å². The summed E-state index contributed by atoms with van der Waals surface area (Å²) < 4.78 is 15.0. The van der Waals surface area contributed by atoms with Gasteiger partial charge in [-0.05, 0) is 12.1 Å². The number of nitrogen functional groups attached to an aromatic ring is 1. The number of pyridine rings is 1. The molecule has 1 heterocycles. The van der Waals surface area contributed by atoms with Gasteiger partial charge in [0.1, 0.15) is 12.9 Å². The Labute approximate surface area is 75.4 Å². The molecule has 0 saturated heterocycles. The minimum absolute atomic E-state index is 0.216. The van der Waals surface area contributed by atoms with Crippen LogP contribution < -0.4 is 10.3 Å². The van der Waals surface area contributed by atoms with E-state index in [1.165, 1.54) is 6.07 Å². The number of anilines is 1. The summed E-state index contributed by atoms with van der Waals surface area (Å²) in [5, 5.41) is 0.755. The van der Waals surface area contributed by atoms with Gasteiger partial charge in [-0.2, -0.15) is 0 Å². The number of rotatable bonds is 0. The number of aryl methyl sites for hydroxylation is 1. The third kappa shape index (κ3) is 1.13. The van der Waals surface area contributed by atoms with Crippen LogP contribution in [0.15, 0.2) is 30.5 Å². The largest absolute Gasteiger partial charge is 0.396 e. The van der Waals surface area contributed by atoms with E-state index in [2.05, 4.69) is 0 Å². The highest BCUT2D eigenvalue weighted by atomic mass is 19.1. The maximum Gasteiger partial charge on any atom is 0.214 e. The summed E-state index contributed by atoms with van der Waals surface area (Å²) in [6, 6.07) is 6.77. The predicted molar refractivity (Wildman–Crippen MR) is 49.5 cm³/mol. The number of hydrogen-bond acceptors (Lipinski definition) is 1. The Morgan fingerprint density at radius 3 is 2.85 bits per heavy atom. The summed E-state index contributed by atoms with van der Waals surface area (Å²) >= 11 is 0. The van der Waals surface area contributed by atoms with Crippen LogP contribution in [0.25, 0.3) is 10.9 Å². The Morgan fingerprint density at radius 2 is 2.08 bits per heavy atom. The zero-order valence-corrected chi connectivity index (χ0v) is 7.29. The standard InChI is InChI=1S/C10H9FN2/c1-13-6-2-3-7-9(13)5-4-8(11)10(7)12/h2-6,12H,1H3/p+1. The fraction of sp³-hybridized carbons (Fsp3) is 0.100. The van der Waals surface area contributed by atoms with Crippen molar-refractivity contribution in [3.8, 4) is 0 Å². The zero-order valence-electron chi connectivity index (χ0n) is 7.29. The molecule has 0 unspecified atom stereocenters. The van der Waals surface area contributed by atoms with Crippen molar-refractivity contribution in [2.75, 3.05) is 5.73 Å². The van der Waals surface area contributed by atoms with E-state index in [1.54, 1.807) is 6.07 Å². The number of benzene rings is 1. The molecular formula is C10H10FN2+. The number of halogens is 1. The fourth-order valence-corrected chi connectivity index (χ4v) is 1.43. The first-order valence-electron chi connectivity index (χ1n) is 4.02. The Hall–Kier alpha value is -1.64. The van der Waals surface area contributed by atoms with Crippen molar-refractivity contribution >= 4 is 16.6 Å². The topological polar surface area (TPSA) is 29.9 Å². The smallest absolute Gasteiger partial charge is 0.214 e. The van der Waals surface area contributed by atoms with E-state index in [0.717, 1.165) is 10.9 Å². The number of fused-ring (bicyclic) bond motifs is 1. The number of aromatic nitrogens is 1. The minimum Gasteiger partial charge on any atom is -0.396 e. The molecule has 2 N–H and O–H groups in total. The van der Waals surface area contributed by atoms with E-state index < -0.39 is 0 Å². The van der Waals surface area contributed by atoms with Crippen molar-refractivity contribution in [1.29, 1.82) is 0 Å². The maximum atomic E-state index is 13.0. The average Bonchev–Trinajstić information content (AvgIpc) is 2.12. The molecular weight excluding hydrogens is 167 g/mol. The van der Waals surface area contributed by atoms with Crippen molar-refractivity contribution in [1.82, 2.24) is 0 Å². The molecule has 0 amide bonds. The van der Waals surface area contributed by atoms with Crippen molar-refractivity contribution < 1.29 is 8.96 Å². The van der Waals surface area contributed by atoms with Crippen LogP contribution in [0.3, 0.4) is 0 Å². The molecule has 0 atom stereocenters. The molecule has 2 aromatic rings. The normalized spacial score (nSPS) is 10.6. The number of nitrogens with two attached hydrogens (primary N) is 1. The molecule has 0 fully saturated rings. The van der Waals surface area contributed by atoms with Crippen LogP contribution in [-0.2, 0) is 7.05 Å². The van der Waals surface area contributed by atoms with Gasteiger partial charge in [-0.15, -0.1) is 0 Å². The van der Waals surface area contributed by atoms with E-state index in [4.69, 9.17) is 5.73 Å².